The number of aliphatic carboxylic acids is 1. The van der Waals surface area contributed by atoms with Crippen molar-refractivity contribution in [2.24, 2.45) is 5.92 Å². The lowest BCUT2D eigenvalue weighted by Gasteiger charge is -2.29. The number of likely N-dealkylation sites (N-methyl/N-ethyl adjacent to an activating group) is 1. The topological polar surface area (TPSA) is 69.6 Å². The van der Waals surface area contributed by atoms with Gasteiger partial charge in [-0.2, -0.15) is 0 Å². The molecule has 1 amide bonds. The largest absolute Gasteiger partial charge is 0.480 e. The minimum absolute atomic E-state index is 0.0913. The van der Waals surface area contributed by atoms with E-state index in [4.69, 9.17) is 5.11 Å². The van der Waals surface area contributed by atoms with Crippen molar-refractivity contribution in [3.05, 3.63) is 0 Å². The Morgan fingerprint density at radius 2 is 2.14 bits per heavy atom. The first-order valence-electron chi connectivity index (χ1n) is 4.71. The van der Waals surface area contributed by atoms with Crippen LogP contribution in [-0.4, -0.2) is 48.1 Å². The smallest absolute Gasteiger partial charge is 0.326 e. The molecule has 0 saturated carbocycles. The number of carbonyl (C=O) groups is 2. The van der Waals surface area contributed by atoms with Crippen LogP contribution < -0.4 is 5.32 Å². The lowest BCUT2D eigenvalue weighted by Crippen LogP contribution is -2.47. The van der Waals surface area contributed by atoms with E-state index in [1.54, 1.807) is 0 Å². The molecule has 1 aliphatic rings. The summed E-state index contributed by atoms with van der Waals surface area (Å²) in [5.74, 6) is -0.676. The van der Waals surface area contributed by atoms with Gasteiger partial charge >= 0.3 is 5.97 Å². The van der Waals surface area contributed by atoms with Gasteiger partial charge in [0.2, 0.25) is 5.91 Å². The molecule has 0 aliphatic carbocycles. The van der Waals surface area contributed by atoms with Crippen molar-refractivity contribution in [3.8, 4) is 0 Å². The third-order valence-corrected chi connectivity index (χ3v) is 2.66. The second-order valence-electron chi connectivity index (χ2n) is 3.75. The van der Waals surface area contributed by atoms with Gasteiger partial charge in [0.1, 0.15) is 6.04 Å². The van der Waals surface area contributed by atoms with Gasteiger partial charge in [0.05, 0.1) is 0 Å². The summed E-state index contributed by atoms with van der Waals surface area (Å²) in [4.78, 5) is 23.4. The van der Waals surface area contributed by atoms with Crippen molar-refractivity contribution in [2.75, 3.05) is 20.1 Å². The quantitative estimate of drug-likeness (QED) is 0.643. The molecule has 5 nitrogen and oxygen atoms in total. The summed E-state index contributed by atoms with van der Waals surface area (Å²) in [5, 5.41) is 11.8. The highest BCUT2D eigenvalue weighted by atomic mass is 16.4. The average Bonchev–Trinajstić information content (AvgIpc) is 2.08. The molecule has 80 valence electrons. The van der Waals surface area contributed by atoms with E-state index in [2.05, 4.69) is 5.32 Å². The van der Waals surface area contributed by atoms with Crippen molar-refractivity contribution >= 4 is 11.9 Å². The molecule has 0 aromatic heterocycles. The van der Waals surface area contributed by atoms with Crippen LogP contribution in [0.1, 0.15) is 13.3 Å². The van der Waals surface area contributed by atoms with E-state index in [9.17, 15) is 9.59 Å². The van der Waals surface area contributed by atoms with Crippen molar-refractivity contribution in [1.29, 1.82) is 0 Å². The van der Waals surface area contributed by atoms with E-state index < -0.39 is 12.0 Å². The summed E-state index contributed by atoms with van der Waals surface area (Å²) < 4.78 is 0. The molecule has 1 heterocycles. The molecule has 14 heavy (non-hydrogen) atoms. The predicted molar refractivity (Wildman–Crippen MR) is 50.8 cm³/mol. The second kappa shape index (κ2) is 4.41. The first-order valence-corrected chi connectivity index (χ1v) is 4.71. The Hall–Kier alpha value is -1.10. The SMILES string of the molecule is CC(C(=O)O)N(C)C(=O)CC1CNC1. The van der Waals surface area contributed by atoms with Crippen LogP contribution in [0, 0.1) is 5.92 Å². The van der Waals surface area contributed by atoms with Crippen LogP contribution in [0.3, 0.4) is 0 Å². The van der Waals surface area contributed by atoms with Gasteiger partial charge in [0.15, 0.2) is 0 Å². The number of nitrogens with one attached hydrogen (secondary N) is 1. The fraction of sp³-hybridized carbons (Fsp3) is 0.778. The first kappa shape index (κ1) is 11.0. The molecule has 0 aromatic rings. The Bertz CT molecular complexity index is 238. The average molecular weight is 200 g/mol. The standard InChI is InChI=1S/C9H16N2O3/c1-6(9(13)14)11(2)8(12)3-7-4-10-5-7/h6-7,10H,3-5H2,1-2H3,(H,13,14). The fourth-order valence-electron chi connectivity index (χ4n) is 1.27. The zero-order valence-electron chi connectivity index (χ0n) is 8.49. The summed E-state index contributed by atoms with van der Waals surface area (Å²) in [6.45, 7) is 3.24. The summed E-state index contributed by atoms with van der Waals surface area (Å²) in [7, 11) is 1.53. The molecule has 0 spiro atoms. The van der Waals surface area contributed by atoms with Gasteiger partial charge in [-0.3, -0.25) is 4.79 Å². The minimum Gasteiger partial charge on any atom is -0.480 e. The lowest BCUT2D eigenvalue weighted by molar-refractivity contribution is -0.148. The lowest BCUT2D eigenvalue weighted by atomic mass is 9.98. The van der Waals surface area contributed by atoms with Crippen LogP contribution in [0.25, 0.3) is 0 Å². The predicted octanol–water partition coefficient (Wildman–Crippen LogP) is -0.473. The van der Waals surface area contributed by atoms with Gasteiger partial charge in [-0.25, -0.2) is 4.79 Å². The van der Waals surface area contributed by atoms with Crippen LogP contribution in [0.4, 0.5) is 0 Å². The Labute approximate surface area is 83.1 Å². The Morgan fingerprint density at radius 3 is 2.50 bits per heavy atom. The molecule has 0 bridgehead atoms. The Morgan fingerprint density at radius 1 is 1.57 bits per heavy atom. The van der Waals surface area contributed by atoms with Crippen LogP contribution in [-0.2, 0) is 9.59 Å². The van der Waals surface area contributed by atoms with Crippen molar-refractivity contribution in [1.82, 2.24) is 10.2 Å². The molecule has 0 radical (unpaired) electrons. The first-order chi connectivity index (χ1) is 6.52. The van der Waals surface area contributed by atoms with Gasteiger partial charge in [-0.05, 0) is 25.9 Å². The molecule has 2 N–H and O–H groups in total. The summed E-state index contributed by atoms with van der Waals surface area (Å²) in [6.07, 6.45) is 0.446. The van der Waals surface area contributed by atoms with Crippen molar-refractivity contribution in [2.45, 2.75) is 19.4 Å². The molecule has 5 heteroatoms. The Kier molecular flexibility index (Phi) is 3.46. The fourth-order valence-corrected chi connectivity index (χ4v) is 1.27. The maximum absolute atomic E-state index is 11.5. The number of carboxylic acid groups (broad SMARTS) is 1. The molecule has 1 rings (SSSR count). The number of carbonyl (C=O) groups excluding carboxylic acids is 1. The normalized spacial score (nSPS) is 18.4. The summed E-state index contributed by atoms with van der Waals surface area (Å²) in [6, 6.07) is -0.740. The van der Waals surface area contributed by atoms with E-state index in [1.807, 2.05) is 0 Å². The number of hydrogen-bond donors (Lipinski definition) is 2. The molecule has 1 aliphatic heterocycles. The number of nitrogens with zero attached hydrogens (tertiary/aromatic N) is 1. The number of rotatable bonds is 4. The van der Waals surface area contributed by atoms with Gasteiger partial charge in [0.25, 0.3) is 0 Å². The van der Waals surface area contributed by atoms with Crippen LogP contribution in [0.2, 0.25) is 0 Å². The molecule has 1 unspecified atom stereocenters. The molecular formula is C9H16N2O3. The van der Waals surface area contributed by atoms with Crippen LogP contribution in [0.5, 0.6) is 0 Å². The number of amides is 1. The summed E-state index contributed by atoms with van der Waals surface area (Å²) in [5.41, 5.74) is 0. The monoisotopic (exact) mass is 200 g/mol. The highest BCUT2D eigenvalue weighted by Gasteiger charge is 2.26. The van der Waals surface area contributed by atoms with E-state index in [0.29, 0.717) is 12.3 Å². The maximum Gasteiger partial charge on any atom is 0.326 e. The van der Waals surface area contributed by atoms with Gasteiger partial charge in [-0.15, -0.1) is 0 Å². The van der Waals surface area contributed by atoms with E-state index in [0.717, 1.165) is 13.1 Å². The van der Waals surface area contributed by atoms with Gasteiger partial charge in [-0.1, -0.05) is 0 Å². The van der Waals surface area contributed by atoms with Crippen LogP contribution >= 0.6 is 0 Å². The highest BCUT2D eigenvalue weighted by Crippen LogP contribution is 2.11. The van der Waals surface area contributed by atoms with Crippen LogP contribution in [0.15, 0.2) is 0 Å². The summed E-state index contributed by atoms with van der Waals surface area (Å²) >= 11 is 0. The molecular weight excluding hydrogens is 184 g/mol. The van der Waals surface area contributed by atoms with E-state index in [1.165, 1.54) is 18.9 Å². The minimum atomic E-state index is -0.965. The van der Waals surface area contributed by atoms with E-state index in [-0.39, 0.29) is 5.91 Å². The molecule has 1 saturated heterocycles. The third kappa shape index (κ3) is 2.45. The van der Waals surface area contributed by atoms with Gasteiger partial charge in [0, 0.05) is 13.5 Å². The van der Waals surface area contributed by atoms with E-state index >= 15 is 0 Å². The maximum atomic E-state index is 11.5. The van der Waals surface area contributed by atoms with Crippen molar-refractivity contribution in [3.63, 3.8) is 0 Å². The van der Waals surface area contributed by atoms with Crippen molar-refractivity contribution < 1.29 is 14.7 Å². The molecule has 0 aromatic carbocycles. The Balaban J connectivity index is 2.38. The zero-order valence-corrected chi connectivity index (χ0v) is 8.49. The second-order valence-corrected chi connectivity index (χ2v) is 3.75. The molecule has 1 fully saturated rings. The number of carboxylic acids is 1. The number of hydrogen-bond acceptors (Lipinski definition) is 3. The third-order valence-electron chi connectivity index (χ3n) is 2.66. The molecule has 1 atom stereocenters. The highest BCUT2D eigenvalue weighted by molar-refractivity contribution is 5.83. The zero-order chi connectivity index (χ0) is 10.7. The van der Waals surface area contributed by atoms with Gasteiger partial charge < -0.3 is 15.3 Å².